The molecule has 5 heteroatoms. The van der Waals surface area contributed by atoms with Crippen LogP contribution in [0.1, 0.15) is 48.3 Å². The number of carbonyl (C=O) groups excluding carboxylic acids is 1. The normalized spacial score (nSPS) is 12.4. The molecule has 0 bridgehead atoms. The molecule has 2 rings (SSSR count). The summed E-state index contributed by atoms with van der Waals surface area (Å²) in [6.07, 6.45) is 0.824. The minimum Gasteiger partial charge on any atom is -0.349 e. The molecule has 0 aliphatic rings. The van der Waals surface area contributed by atoms with Crippen LogP contribution in [0, 0.1) is 0 Å². The Morgan fingerprint density at radius 3 is 2.76 bits per heavy atom. The van der Waals surface area contributed by atoms with Gasteiger partial charge in [-0.3, -0.25) is 4.79 Å². The number of halogens is 1. The number of hydrogen-bond acceptors (Lipinski definition) is 3. The predicted octanol–water partition coefficient (Wildman–Crippen LogP) is 4.28. The molecule has 0 saturated carbocycles. The summed E-state index contributed by atoms with van der Waals surface area (Å²) in [5.41, 5.74) is 2.64. The van der Waals surface area contributed by atoms with Crippen molar-refractivity contribution >= 4 is 28.8 Å². The van der Waals surface area contributed by atoms with Crippen molar-refractivity contribution in [2.75, 3.05) is 0 Å². The molecular weight excluding hydrogens is 304 g/mol. The fraction of sp³-hybridized carbons (Fsp3) is 0.375. The second-order valence-corrected chi connectivity index (χ2v) is 6.64. The molecule has 0 aliphatic heterocycles. The lowest BCUT2D eigenvalue weighted by Gasteiger charge is -2.14. The number of amides is 1. The lowest BCUT2D eigenvalue weighted by Crippen LogP contribution is -2.34. The molecule has 112 valence electrons. The predicted molar refractivity (Wildman–Crippen MR) is 88.3 cm³/mol. The zero-order chi connectivity index (χ0) is 15.4. The van der Waals surface area contributed by atoms with Gasteiger partial charge in [-0.15, -0.1) is 0 Å². The van der Waals surface area contributed by atoms with Gasteiger partial charge in [0.25, 0.3) is 5.91 Å². The summed E-state index contributed by atoms with van der Waals surface area (Å²) in [5, 5.41) is 7.51. The van der Waals surface area contributed by atoms with Crippen molar-refractivity contribution in [3.05, 3.63) is 50.9 Å². The summed E-state index contributed by atoms with van der Waals surface area (Å²) in [4.78, 5) is 16.6. The third-order valence-corrected chi connectivity index (χ3v) is 4.09. The van der Waals surface area contributed by atoms with Crippen molar-refractivity contribution in [3.8, 4) is 0 Å². The molecule has 0 aromatic carbocycles. The summed E-state index contributed by atoms with van der Waals surface area (Å²) in [6, 6.07) is 5.57. The van der Waals surface area contributed by atoms with Gasteiger partial charge in [0.05, 0.1) is 0 Å². The van der Waals surface area contributed by atoms with Crippen LogP contribution >= 0.6 is 22.9 Å². The first-order valence-corrected chi connectivity index (χ1v) is 8.27. The van der Waals surface area contributed by atoms with Crippen LogP contribution in [-0.2, 0) is 6.42 Å². The topological polar surface area (TPSA) is 42.0 Å². The highest BCUT2D eigenvalue weighted by molar-refractivity contribution is 7.07. The zero-order valence-electron chi connectivity index (χ0n) is 12.4. The first-order valence-electron chi connectivity index (χ1n) is 6.95. The van der Waals surface area contributed by atoms with E-state index in [0.29, 0.717) is 10.7 Å². The number of nitrogens with one attached hydrogen (secondary N) is 1. The summed E-state index contributed by atoms with van der Waals surface area (Å²) in [5.74, 6) is 0.127. The van der Waals surface area contributed by atoms with E-state index in [9.17, 15) is 4.79 Å². The van der Waals surface area contributed by atoms with Gasteiger partial charge in [0.15, 0.2) is 0 Å². The van der Waals surface area contributed by atoms with E-state index in [1.807, 2.05) is 32.2 Å². The van der Waals surface area contributed by atoms with Crippen LogP contribution in [0.4, 0.5) is 0 Å². The average Bonchev–Trinajstić information content (AvgIpc) is 2.90. The molecule has 0 spiro atoms. The smallest absolute Gasteiger partial charge is 0.251 e. The van der Waals surface area contributed by atoms with Gasteiger partial charge in [0.1, 0.15) is 5.15 Å². The highest BCUT2D eigenvalue weighted by Crippen LogP contribution is 2.18. The lowest BCUT2D eigenvalue weighted by atomic mass is 10.1. The van der Waals surface area contributed by atoms with Crippen LogP contribution in [0.5, 0.6) is 0 Å². The molecule has 1 N–H and O–H groups in total. The number of thiophene rings is 1. The Kier molecular flexibility index (Phi) is 5.37. The van der Waals surface area contributed by atoms with Crippen LogP contribution in [0.2, 0.25) is 5.15 Å². The van der Waals surface area contributed by atoms with Gasteiger partial charge in [-0.25, -0.2) is 4.98 Å². The monoisotopic (exact) mass is 322 g/mol. The molecule has 0 fully saturated rings. The third kappa shape index (κ3) is 4.55. The quantitative estimate of drug-likeness (QED) is 0.835. The van der Waals surface area contributed by atoms with E-state index < -0.39 is 0 Å². The Balaban J connectivity index is 2.06. The van der Waals surface area contributed by atoms with E-state index in [4.69, 9.17) is 11.6 Å². The fourth-order valence-electron chi connectivity index (χ4n) is 2.06. The number of pyridine rings is 1. The SMILES string of the molecule is CC(Cc1ccsc1)NC(=O)c1cc(Cl)nc(C(C)C)c1. The van der Waals surface area contributed by atoms with Crippen LogP contribution in [-0.4, -0.2) is 16.9 Å². The first kappa shape index (κ1) is 16.0. The van der Waals surface area contributed by atoms with E-state index in [1.54, 1.807) is 17.4 Å². The standard InChI is InChI=1S/C16H19ClN2OS/c1-10(2)14-7-13(8-15(17)19-14)16(20)18-11(3)6-12-4-5-21-9-12/h4-5,7-11H,6H2,1-3H3,(H,18,20). The average molecular weight is 323 g/mol. The summed E-state index contributed by atoms with van der Waals surface area (Å²) in [7, 11) is 0. The number of carbonyl (C=O) groups is 1. The number of aromatic nitrogens is 1. The van der Waals surface area contributed by atoms with Crippen molar-refractivity contribution in [2.24, 2.45) is 0 Å². The number of rotatable bonds is 5. The highest BCUT2D eigenvalue weighted by atomic mass is 35.5. The minimum absolute atomic E-state index is 0.0709. The molecule has 1 atom stereocenters. The van der Waals surface area contributed by atoms with Crippen LogP contribution in [0.15, 0.2) is 29.0 Å². The van der Waals surface area contributed by atoms with Gasteiger partial charge in [-0.2, -0.15) is 11.3 Å². The molecule has 2 heterocycles. The fourth-order valence-corrected chi connectivity index (χ4v) is 2.96. The minimum atomic E-state index is -0.107. The highest BCUT2D eigenvalue weighted by Gasteiger charge is 2.14. The molecule has 2 aromatic rings. The lowest BCUT2D eigenvalue weighted by molar-refractivity contribution is 0.0940. The van der Waals surface area contributed by atoms with E-state index in [0.717, 1.165) is 12.1 Å². The second kappa shape index (κ2) is 7.05. The van der Waals surface area contributed by atoms with Gasteiger partial charge in [-0.05, 0) is 53.8 Å². The first-order chi connectivity index (χ1) is 9.95. The number of nitrogens with zero attached hydrogens (tertiary/aromatic N) is 1. The summed E-state index contributed by atoms with van der Waals surface area (Å²) < 4.78 is 0. The molecule has 3 nitrogen and oxygen atoms in total. The Morgan fingerprint density at radius 1 is 1.38 bits per heavy atom. The third-order valence-electron chi connectivity index (χ3n) is 3.17. The van der Waals surface area contributed by atoms with Crippen molar-refractivity contribution in [3.63, 3.8) is 0 Å². The molecule has 0 saturated heterocycles. The van der Waals surface area contributed by atoms with Crippen molar-refractivity contribution < 1.29 is 4.79 Å². The van der Waals surface area contributed by atoms with Gasteiger partial charge in [0, 0.05) is 17.3 Å². The van der Waals surface area contributed by atoms with E-state index in [2.05, 4.69) is 21.7 Å². The Bertz CT molecular complexity index is 611. The van der Waals surface area contributed by atoms with Crippen molar-refractivity contribution in [2.45, 2.75) is 39.2 Å². The molecule has 1 unspecified atom stereocenters. The molecule has 0 aliphatic carbocycles. The van der Waals surface area contributed by atoms with Crippen LogP contribution in [0.3, 0.4) is 0 Å². The zero-order valence-corrected chi connectivity index (χ0v) is 14.0. The summed E-state index contributed by atoms with van der Waals surface area (Å²) >= 11 is 7.67. The molecule has 0 radical (unpaired) electrons. The van der Waals surface area contributed by atoms with E-state index in [1.165, 1.54) is 5.56 Å². The second-order valence-electron chi connectivity index (χ2n) is 5.47. The van der Waals surface area contributed by atoms with E-state index >= 15 is 0 Å². The van der Waals surface area contributed by atoms with E-state index in [-0.39, 0.29) is 17.9 Å². The van der Waals surface area contributed by atoms with Crippen molar-refractivity contribution in [1.82, 2.24) is 10.3 Å². The Labute approximate surface area is 134 Å². The maximum atomic E-state index is 12.3. The summed E-state index contributed by atoms with van der Waals surface area (Å²) in [6.45, 7) is 6.06. The van der Waals surface area contributed by atoms with Gasteiger partial charge in [0.2, 0.25) is 0 Å². The molecule has 21 heavy (non-hydrogen) atoms. The Morgan fingerprint density at radius 2 is 2.14 bits per heavy atom. The van der Waals surface area contributed by atoms with Crippen molar-refractivity contribution in [1.29, 1.82) is 0 Å². The van der Waals surface area contributed by atoms with Gasteiger partial charge < -0.3 is 5.32 Å². The van der Waals surface area contributed by atoms with Crippen LogP contribution in [0.25, 0.3) is 0 Å². The molecular formula is C16H19ClN2OS. The van der Waals surface area contributed by atoms with Gasteiger partial charge in [-0.1, -0.05) is 25.4 Å². The number of hydrogen-bond donors (Lipinski definition) is 1. The van der Waals surface area contributed by atoms with Crippen LogP contribution < -0.4 is 5.32 Å². The largest absolute Gasteiger partial charge is 0.349 e. The maximum Gasteiger partial charge on any atom is 0.251 e. The molecule has 2 aromatic heterocycles. The maximum absolute atomic E-state index is 12.3. The van der Waals surface area contributed by atoms with Gasteiger partial charge >= 0.3 is 0 Å². The molecule has 1 amide bonds. The Hall–Kier alpha value is -1.39.